The Labute approximate surface area is 125 Å². The Morgan fingerprint density at radius 3 is 1.58 bits per heavy atom. The summed E-state index contributed by atoms with van der Waals surface area (Å²) in [5.74, 6) is 1.01. The normalized spacial score (nSPS) is 10.8. The van der Waals surface area contributed by atoms with Crippen molar-refractivity contribution >= 4 is 17.4 Å². The maximum atomic E-state index is 11.4. The zero-order chi connectivity index (χ0) is 14.2. The minimum atomic E-state index is 0.400. The van der Waals surface area contributed by atoms with Gasteiger partial charge < -0.3 is 0 Å². The standard InChI is InChI=1S/C17H33ClO/c1-2-3-4-5-6-7-8-9-10-11-12-14-17(19)15-13-16-18/h2-16H2,1H3. The molecule has 0 saturated heterocycles. The zero-order valence-corrected chi connectivity index (χ0v) is 13.6. The number of Topliss-reactive ketones (excluding diaryl/α,β-unsaturated/α-hetero) is 1. The second kappa shape index (κ2) is 16.0. The SMILES string of the molecule is CCCCCCCCCCCCCC(=O)CCCCl. The summed E-state index contributed by atoms with van der Waals surface area (Å²) in [7, 11) is 0. The van der Waals surface area contributed by atoms with Gasteiger partial charge in [0.25, 0.3) is 0 Å². The Kier molecular flexibility index (Phi) is 16.0. The lowest BCUT2D eigenvalue weighted by molar-refractivity contribution is -0.119. The van der Waals surface area contributed by atoms with Crippen molar-refractivity contribution in [3.05, 3.63) is 0 Å². The van der Waals surface area contributed by atoms with Crippen molar-refractivity contribution in [2.45, 2.75) is 96.8 Å². The number of ketones is 1. The van der Waals surface area contributed by atoms with Gasteiger partial charge in [0.2, 0.25) is 0 Å². The van der Waals surface area contributed by atoms with E-state index in [1.165, 1.54) is 64.2 Å². The van der Waals surface area contributed by atoms with E-state index in [1.54, 1.807) is 0 Å². The molecular formula is C17H33ClO. The molecule has 2 heteroatoms. The van der Waals surface area contributed by atoms with E-state index in [-0.39, 0.29) is 0 Å². The first-order valence-corrected chi connectivity index (χ1v) is 8.92. The Morgan fingerprint density at radius 2 is 1.11 bits per heavy atom. The highest BCUT2D eigenvalue weighted by Gasteiger charge is 2.00. The maximum Gasteiger partial charge on any atom is 0.132 e. The van der Waals surface area contributed by atoms with Gasteiger partial charge in [0, 0.05) is 18.7 Å². The lowest BCUT2D eigenvalue weighted by atomic mass is 10.0. The second-order valence-corrected chi connectivity index (χ2v) is 5.99. The topological polar surface area (TPSA) is 17.1 Å². The van der Waals surface area contributed by atoms with Crippen LogP contribution in [-0.2, 0) is 4.79 Å². The molecule has 19 heavy (non-hydrogen) atoms. The van der Waals surface area contributed by atoms with Crippen molar-refractivity contribution in [1.82, 2.24) is 0 Å². The summed E-state index contributed by atoms with van der Waals surface area (Å²) in [5, 5.41) is 0. The molecule has 0 atom stereocenters. The molecule has 0 saturated carbocycles. The van der Waals surface area contributed by atoms with Crippen molar-refractivity contribution in [2.75, 3.05) is 5.88 Å². The van der Waals surface area contributed by atoms with E-state index in [4.69, 9.17) is 11.6 Å². The van der Waals surface area contributed by atoms with E-state index in [0.717, 1.165) is 19.3 Å². The summed E-state index contributed by atoms with van der Waals surface area (Å²) in [6, 6.07) is 0. The number of rotatable bonds is 15. The van der Waals surface area contributed by atoms with Crippen LogP contribution in [0.3, 0.4) is 0 Å². The van der Waals surface area contributed by atoms with Crippen LogP contribution in [-0.4, -0.2) is 11.7 Å². The van der Waals surface area contributed by atoms with Crippen LogP contribution in [0.1, 0.15) is 96.8 Å². The molecule has 0 aromatic heterocycles. The first-order valence-electron chi connectivity index (χ1n) is 8.39. The molecule has 0 aliphatic carbocycles. The van der Waals surface area contributed by atoms with Gasteiger partial charge in [-0.3, -0.25) is 4.79 Å². The maximum absolute atomic E-state index is 11.4. The van der Waals surface area contributed by atoms with Crippen LogP contribution < -0.4 is 0 Å². The fourth-order valence-electron chi connectivity index (χ4n) is 2.38. The molecule has 0 aliphatic rings. The molecule has 0 rings (SSSR count). The van der Waals surface area contributed by atoms with Gasteiger partial charge in [-0.25, -0.2) is 0 Å². The predicted molar refractivity (Wildman–Crippen MR) is 86.0 cm³/mol. The van der Waals surface area contributed by atoms with Crippen LogP contribution in [0.4, 0.5) is 0 Å². The molecule has 0 amide bonds. The van der Waals surface area contributed by atoms with Gasteiger partial charge in [0.1, 0.15) is 5.78 Å². The van der Waals surface area contributed by atoms with Gasteiger partial charge in [0.05, 0.1) is 0 Å². The summed E-state index contributed by atoms with van der Waals surface area (Å²) >= 11 is 5.57. The van der Waals surface area contributed by atoms with E-state index < -0.39 is 0 Å². The van der Waals surface area contributed by atoms with Gasteiger partial charge in [-0.05, 0) is 12.8 Å². The van der Waals surface area contributed by atoms with Gasteiger partial charge >= 0.3 is 0 Å². The number of carbonyl (C=O) groups is 1. The highest BCUT2D eigenvalue weighted by Crippen LogP contribution is 2.12. The van der Waals surface area contributed by atoms with E-state index in [0.29, 0.717) is 18.1 Å². The summed E-state index contributed by atoms with van der Waals surface area (Å²) in [6.45, 7) is 2.26. The van der Waals surface area contributed by atoms with Crippen LogP contribution >= 0.6 is 11.6 Å². The lowest BCUT2D eigenvalue weighted by Gasteiger charge is -2.02. The van der Waals surface area contributed by atoms with Crippen molar-refractivity contribution in [1.29, 1.82) is 0 Å². The Morgan fingerprint density at radius 1 is 0.684 bits per heavy atom. The molecule has 114 valence electrons. The third-order valence-corrected chi connectivity index (χ3v) is 3.92. The number of unbranched alkanes of at least 4 members (excludes halogenated alkanes) is 10. The summed E-state index contributed by atoms with van der Waals surface area (Å²) in [5.41, 5.74) is 0. The Balaban J connectivity index is 3.04. The average Bonchev–Trinajstić information content (AvgIpc) is 2.42. The highest BCUT2D eigenvalue weighted by atomic mass is 35.5. The van der Waals surface area contributed by atoms with Gasteiger partial charge in [-0.1, -0.05) is 71.1 Å². The first kappa shape index (κ1) is 19.0. The highest BCUT2D eigenvalue weighted by molar-refractivity contribution is 6.17. The van der Waals surface area contributed by atoms with E-state index in [2.05, 4.69) is 6.92 Å². The lowest BCUT2D eigenvalue weighted by Crippen LogP contribution is -1.97. The molecule has 0 bridgehead atoms. The fraction of sp³-hybridized carbons (Fsp3) is 0.941. The quantitative estimate of drug-likeness (QED) is 0.256. The largest absolute Gasteiger partial charge is 0.300 e. The second-order valence-electron chi connectivity index (χ2n) is 5.62. The number of hydrogen-bond donors (Lipinski definition) is 0. The predicted octanol–water partition coefficient (Wildman–Crippen LogP) is 6.28. The molecule has 0 aromatic rings. The molecule has 0 radical (unpaired) electrons. The minimum Gasteiger partial charge on any atom is -0.300 e. The molecule has 0 aliphatic heterocycles. The molecule has 0 N–H and O–H groups in total. The molecule has 0 aromatic carbocycles. The molecule has 0 unspecified atom stereocenters. The Bertz CT molecular complexity index is 192. The monoisotopic (exact) mass is 288 g/mol. The van der Waals surface area contributed by atoms with E-state index >= 15 is 0 Å². The first-order chi connectivity index (χ1) is 9.31. The Hall–Kier alpha value is -0.0400. The third kappa shape index (κ3) is 15.9. The smallest absolute Gasteiger partial charge is 0.132 e. The van der Waals surface area contributed by atoms with Crippen LogP contribution in [0.15, 0.2) is 0 Å². The number of halogens is 1. The average molecular weight is 289 g/mol. The summed E-state index contributed by atoms with van der Waals surface area (Å²) in [4.78, 5) is 11.4. The molecule has 0 spiro atoms. The molecular weight excluding hydrogens is 256 g/mol. The van der Waals surface area contributed by atoms with Crippen LogP contribution in [0.25, 0.3) is 0 Å². The molecule has 0 fully saturated rings. The van der Waals surface area contributed by atoms with Crippen LogP contribution in [0, 0.1) is 0 Å². The van der Waals surface area contributed by atoms with Gasteiger partial charge in [-0.2, -0.15) is 0 Å². The fourth-order valence-corrected chi connectivity index (χ4v) is 2.51. The number of alkyl halides is 1. The molecule has 1 nitrogen and oxygen atoms in total. The van der Waals surface area contributed by atoms with Crippen molar-refractivity contribution in [3.8, 4) is 0 Å². The van der Waals surface area contributed by atoms with E-state index in [1.807, 2.05) is 0 Å². The minimum absolute atomic E-state index is 0.400. The zero-order valence-electron chi connectivity index (χ0n) is 12.9. The van der Waals surface area contributed by atoms with Crippen molar-refractivity contribution in [2.24, 2.45) is 0 Å². The number of carbonyl (C=O) groups excluding carboxylic acids is 1. The van der Waals surface area contributed by atoms with Crippen LogP contribution in [0.5, 0.6) is 0 Å². The summed E-state index contributed by atoms with van der Waals surface area (Å²) in [6.07, 6.45) is 17.0. The third-order valence-electron chi connectivity index (χ3n) is 3.65. The van der Waals surface area contributed by atoms with Crippen LogP contribution in [0.2, 0.25) is 0 Å². The van der Waals surface area contributed by atoms with Crippen molar-refractivity contribution in [3.63, 3.8) is 0 Å². The molecule has 0 heterocycles. The number of hydrogen-bond acceptors (Lipinski definition) is 1. The summed E-state index contributed by atoms with van der Waals surface area (Å²) < 4.78 is 0. The van der Waals surface area contributed by atoms with Gasteiger partial charge in [0.15, 0.2) is 0 Å². The van der Waals surface area contributed by atoms with Gasteiger partial charge in [-0.15, -0.1) is 11.6 Å². The van der Waals surface area contributed by atoms with E-state index in [9.17, 15) is 4.79 Å². The van der Waals surface area contributed by atoms with Crippen molar-refractivity contribution < 1.29 is 4.79 Å².